The van der Waals surface area contributed by atoms with E-state index in [1.807, 2.05) is 0 Å². The summed E-state index contributed by atoms with van der Waals surface area (Å²) in [6.07, 6.45) is 0. The zero-order valence-corrected chi connectivity index (χ0v) is 16.3. The second-order valence-electron chi connectivity index (χ2n) is 6.10. The topological polar surface area (TPSA) is 65.4 Å². The Bertz CT molecular complexity index is 1080. The number of hydrogen-bond acceptors (Lipinski definition) is 4. The molecule has 1 amide bonds. The van der Waals surface area contributed by atoms with Crippen molar-refractivity contribution in [3.63, 3.8) is 0 Å². The molecule has 29 heavy (non-hydrogen) atoms. The number of carbonyl (C=O) groups excluding carboxylic acids is 1. The zero-order valence-electron chi connectivity index (χ0n) is 16.3. The summed E-state index contributed by atoms with van der Waals surface area (Å²) in [5.41, 5.74) is 2.37. The Labute approximate surface area is 168 Å². The summed E-state index contributed by atoms with van der Waals surface area (Å²) >= 11 is 0. The maximum absolute atomic E-state index is 12.9. The quantitative estimate of drug-likeness (QED) is 0.677. The average molecular weight is 393 g/mol. The normalized spacial score (nSPS) is 10.1. The van der Waals surface area contributed by atoms with Gasteiger partial charge in [-0.15, -0.1) is 0 Å². The molecule has 0 saturated carbocycles. The Hall–Kier alpha value is -3.79. The van der Waals surface area contributed by atoms with Crippen molar-refractivity contribution < 1.29 is 18.7 Å². The molecule has 0 saturated heterocycles. The molecular formula is C22H20FN3O3. The highest BCUT2D eigenvalue weighted by atomic mass is 19.1. The molecule has 1 aromatic heterocycles. The van der Waals surface area contributed by atoms with Crippen LogP contribution in [0, 0.1) is 17.7 Å². The summed E-state index contributed by atoms with van der Waals surface area (Å²) in [7, 11) is 4.84. The Kier molecular flexibility index (Phi) is 6.15. The van der Waals surface area contributed by atoms with Crippen LogP contribution < -0.4 is 14.8 Å². The van der Waals surface area contributed by atoms with E-state index in [1.165, 1.54) is 16.8 Å². The first kappa shape index (κ1) is 20.0. The molecule has 0 bridgehead atoms. The van der Waals surface area contributed by atoms with Crippen molar-refractivity contribution >= 4 is 5.91 Å². The van der Waals surface area contributed by atoms with E-state index in [0.717, 1.165) is 5.56 Å². The summed E-state index contributed by atoms with van der Waals surface area (Å²) in [5, 5.41) is 7.15. The smallest absolute Gasteiger partial charge is 0.270 e. The molecule has 3 aromatic rings. The van der Waals surface area contributed by atoms with Crippen molar-refractivity contribution in [2.75, 3.05) is 20.8 Å². The van der Waals surface area contributed by atoms with Crippen molar-refractivity contribution in [2.24, 2.45) is 7.05 Å². The van der Waals surface area contributed by atoms with Gasteiger partial charge in [0, 0.05) is 18.2 Å². The first-order valence-electron chi connectivity index (χ1n) is 8.81. The monoisotopic (exact) mass is 393 g/mol. The molecule has 6 nitrogen and oxygen atoms in total. The van der Waals surface area contributed by atoms with Gasteiger partial charge in [-0.25, -0.2) is 4.39 Å². The molecule has 7 heteroatoms. The highest BCUT2D eigenvalue weighted by molar-refractivity contribution is 5.94. The number of hydrogen-bond donors (Lipinski definition) is 1. The Morgan fingerprint density at radius 2 is 1.90 bits per heavy atom. The number of halogens is 1. The number of carbonyl (C=O) groups is 1. The van der Waals surface area contributed by atoms with Crippen LogP contribution in [0.5, 0.6) is 11.5 Å². The minimum Gasteiger partial charge on any atom is -0.497 e. The molecule has 0 aliphatic rings. The van der Waals surface area contributed by atoms with Gasteiger partial charge in [0.1, 0.15) is 23.0 Å². The summed E-state index contributed by atoms with van der Waals surface area (Å²) < 4.78 is 25.0. The van der Waals surface area contributed by atoms with Gasteiger partial charge >= 0.3 is 0 Å². The maximum Gasteiger partial charge on any atom is 0.270 e. The van der Waals surface area contributed by atoms with Crippen LogP contribution >= 0.6 is 0 Å². The van der Waals surface area contributed by atoms with Crippen molar-refractivity contribution in [1.29, 1.82) is 0 Å². The summed E-state index contributed by atoms with van der Waals surface area (Å²) in [5.74, 6) is 6.38. The number of amides is 1. The van der Waals surface area contributed by atoms with Gasteiger partial charge in [-0.2, -0.15) is 5.10 Å². The molecular weight excluding hydrogens is 373 g/mol. The fourth-order valence-electron chi connectivity index (χ4n) is 2.72. The summed E-state index contributed by atoms with van der Waals surface area (Å²) in [6.45, 7) is 0.152. The highest BCUT2D eigenvalue weighted by Gasteiger charge is 2.17. The third-order valence-electron chi connectivity index (χ3n) is 4.21. The predicted molar refractivity (Wildman–Crippen MR) is 107 cm³/mol. The number of ether oxygens (including phenoxy) is 2. The Morgan fingerprint density at radius 1 is 1.14 bits per heavy atom. The van der Waals surface area contributed by atoms with Crippen LogP contribution in [-0.4, -0.2) is 36.5 Å². The van der Waals surface area contributed by atoms with Gasteiger partial charge in [-0.1, -0.05) is 11.8 Å². The van der Waals surface area contributed by atoms with Crippen LogP contribution in [0.4, 0.5) is 4.39 Å². The lowest BCUT2D eigenvalue weighted by Crippen LogP contribution is -2.25. The molecule has 0 radical (unpaired) electrons. The number of aryl methyl sites for hydroxylation is 1. The minimum atomic E-state index is -0.316. The van der Waals surface area contributed by atoms with Gasteiger partial charge in [0.05, 0.1) is 26.5 Å². The van der Waals surface area contributed by atoms with Crippen LogP contribution in [0.1, 0.15) is 16.1 Å². The van der Waals surface area contributed by atoms with Gasteiger partial charge < -0.3 is 14.8 Å². The van der Waals surface area contributed by atoms with Crippen LogP contribution in [0.25, 0.3) is 11.3 Å². The lowest BCUT2D eigenvalue weighted by atomic mass is 10.1. The molecule has 0 unspecified atom stereocenters. The number of benzene rings is 2. The van der Waals surface area contributed by atoms with Gasteiger partial charge in [-0.3, -0.25) is 9.48 Å². The molecule has 0 aliphatic carbocycles. The van der Waals surface area contributed by atoms with Crippen LogP contribution in [0.15, 0.2) is 48.5 Å². The van der Waals surface area contributed by atoms with E-state index in [4.69, 9.17) is 9.47 Å². The van der Waals surface area contributed by atoms with Crippen molar-refractivity contribution in [2.45, 2.75) is 0 Å². The van der Waals surface area contributed by atoms with E-state index in [2.05, 4.69) is 22.3 Å². The standard InChI is InChI=1S/C22H20FN3O3/c1-26-20(22(27)24-12-4-5-15-6-8-16(23)9-7-15)14-19(25-26)18-13-17(28-2)10-11-21(18)29-3/h6-11,13-14H,12H2,1-3H3,(H,24,27). The first-order valence-corrected chi connectivity index (χ1v) is 8.81. The molecule has 2 aromatic carbocycles. The van der Waals surface area contributed by atoms with Crippen LogP contribution in [0.3, 0.4) is 0 Å². The molecule has 0 aliphatic heterocycles. The van der Waals surface area contributed by atoms with Crippen LogP contribution in [0.2, 0.25) is 0 Å². The summed E-state index contributed by atoms with van der Waals surface area (Å²) in [4.78, 5) is 12.5. The van der Waals surface area contributed by atoms with Crippen molar-refractivity contribution in [3.8, 4) is 34.6 Å². The Balaban J connectivity index is 1.73. The van der Waals surface area contributed by atoms with Crippen molar-refractivity contribution in [1.82, 2.24) is 15.1 Å². The van der Waals surface area contributed by atoms with E-state index in [1.54, 1.807) is 57.7 Å². The average Bonchev–Trinajstić information content (AvgIpc) is 3.13. The van der Waals surface area contributed by atoms with E-state index in [-0.39, 0.29) is 18.3 Å². The Morgan fingerprint density at radius 3 is 2.59 bits per heavy atom. The number of nitrogens with one attached hydrogen (secondary N) is 1. The second-order valence-corrected chi connectivity index (χ2v) is 6.10. The minimum absolute atomic E-state index is 0.152. The lowest BCUT2D eigenvalue weighted by molar-refractivity contribution is 0.0949. The fourth-order valence-corrected chi connectivity index (χ4v) is 2.72. The second kappa shape index (κ2) is 8.93. The predicted octanol–water partition coefficient (Wildman–Crippen LogP) is 3.02. The van der Waals surface area contributed by atoms with E-state index >= 15 is 0 Å². The number of aromatic nitrogens is 2. The fraction of sp³-hybridized carbons (Fsp3) is 0.182. The third-order valence-corrected chi connectivity index (χ3v) is 4.21. The molecule has 0 fully saturated rings. The lowest BCUT2D eigenvalue weighted by Gasteiger charge is -2.08. The van der Waals surface area contributed by atoms with Crippen LogP contribution in [-0.2, 0) is 7.05 Å². The molecule has 3 rings (SSSR count). The number of methoxy groups -OCH3 is 2. The van der Waals surface area contributed by atoms with Gasteiger partial charge in [-0.05, 0) is 48.5 Å². The van der Waals surface area contributed by atoms with Gasteiger partial charge in [0.25, 0.3) is 5.91 Å². The van der Waals surface area contributed by atoms with Gasteiger partial charge in [0.15, 0.2) is 0 Å². The third kappa shape index (κ3) is 4.74. The number of nitrogens with zero attached hydrogens (tertiary/aromatic N) is 2. The largest absolute Gasteiger partial charge is 0.497 e. The molecule has 148 valence electrons. The van der Waals surface area contributed by atoms with E-state index < -0.39 is 0 Å². The summed E-state index contributed by atoms with van der Waals surface area (Å²) in [6, 6.07) is 12.9. The van der Waals surface area contributed by atoms with E-state index in [9.17, 15) is 9.18 Å². The van der Waals surface area contributed by atoms with E-state index in [0.29, 0.717) is 28.5 Å². The van der Waals surface area contributed by atoms with Gasteiger partial charge in [0.2, 0.25) is 0 Å². The molecule has 0 spiro atoms. The molecule has 1 heterocycles. The van der Waals surface area contributed by atoms with Crippen molar-refractivity contribution in [3.05, 3.63) is 65.6 Å². The molecule has 0 atom stereocenters. The highest BCUT2D eigenvalue weighted by Crippen LogP contribution is 2.32. The zero-order chi connectivity index (χ0) is 20.8. The number of rotatable bonds is 5. The molecule has 1 N–H and O–H groups in total. The first-order chi connectivity index (χ1) is 14.0. The SMILES string of the molecule is COc1ccc(OC)c(-c2cc(C(=O)NCC#Cc3ccc(F)cc3)n(C)n2)c1. The maximum atomic E-state index is 12.9.